The summed E-state index contributed by atoms with van der Waals surface area (Å²) in [6, 6.07) is 7.85. The van der Waals surface area contributed by atoms with Crippen LogP contribution in [0.1, 0.15) is 24.8 Å². The van der Waals surface area contributed by atoms with Crippen molar-refractivity contribution in [1.82, 2.24) is 0 Å². The molecule has 0 atom stereocenters. The molecule has 0 bridgehead atoms. The van der Waals surface area contributed by atoms with Crippen molar-refractivity contribution in [2.75, 3.05) is 6.61 Å². The second-order valence-electron chi connectivity index (χ2n) is 4.45. The lowest BCUT2D eigenvalue weighted by Crippen LogP contribution is -2.19. The number of ether oxygens (including phenoxy) is 1. The minimum Gasteiger partial charge on any atom is -0.493 e. The van der Waals surface area contributed by atoms with E-state index in [2.05, 4.69) is 0 Å². The predicted molar refractivity (Wildman–Crippen MR) is 64.9 cm³/mol. The van der Waals surface area contributed by atoms with Gasteiger partial charge >= 0.3 is 0 Å². The Bertz CT molecular complexity index is 355. The van der Waals surface area contributed by atoms with Crippen LogP contribution in [0.25, 0.3) is 0 Å². The molecule has 0 heterocycles. The fourth-order valence-electron chi connectivity index (χ4n) is 1.80. The summed E-state index contributed by atoms with van der Waals surface area (Å²) in [7, 11) is 0. The second-order valence-corrected chi connectivity index (χ2v) is 4.45. The number of nitrogens with two attached hydrogens (primary N) is 1. The zero-order valence-electron chi connectivity index (χ0n) is 9.41. The number of rotatable bonds is 5. The largest absolute Gasteiger partial charge is 0.493 e. The molecule has 0 spiro atoms. The van der Waals surface area contributed by atoms with E-state index in [0.717, 1.165) is 23.8 Å². The number of benzene rings is 1. The average molecular weight is 218 g/mol. The number of amidine groups is 1. The van der Waals surface area contributed by atoms with E-state index in [1.165, 1.54) is 19.3 Å². The normalized spacial score (nSPS) is 15.5. The monoisotopic (exact) mass is 218 g/mol. The molecule has 0 amide bonds. The Morgan fingerprint density at radius 1 is 1.31 bits per heavy atom. The summed E-state index contributed by atoms with van der Waals surface area (Å²) in [5.74, 6) is 1.87. The van der Waals surface area contributed by atoms with Crippen molar-refractivity contribution in [2.24, 2.45) is 11.7 Å². The van der Waals surface area contributed by atoms with Gasteiger partial charge in [-0.3, -0.25) is 5.41 Å². The Balaban J connectivity index is 1.83. The first-order valence-corrected chi connectivity index (χ1v) is 5.78. The summed E-state index contributed by atoms with van der Waals surface area (Å²) in [4.78, 5) is 0. The van der Waals surface area contributed by atoms with Crippen LogP contribution in [0, 0.1) is 11.3 Å². The van der Waals surface area contributed by atoms with E-state index in [4.69, 9.17) is 15.9 Å². The Labute approximate surface area is 96.1 Å². The van der Waals surface area contributed by atoms with Crippen LogP contribution in [0.4, 0.5) is 0 Å². The molecule has 3 N–H and O–H groups in total. The van der Waals surface area contributed by atoms with Crippen LogP contribution >= 0.6 is 0 Å². The molecule has 16 heavy (non-hydrogen) atoms. The van der Waals surface area contributed by atoms with Gasteiger partial charge in [-0.2, -0.15) is 0 Å². The molecule has 0 radical (unpaired) electrons. The summed E-state index contributed by atoms with van der Waals surface area (Å²) in [6.45, 7) is 0.839. The molecule has 3 heteroatoms. The number of hydrogen-bond donors (Lipinski definition) is 2. The highest BCUT2D eigenvalue weighted by atomic mass is 16.5. The van der Waals surface area contributed by atoms with Crippen LogP contribution in [-0.2, 0) is 6.42 Å². The third-order valence-corrected chi connectivity index (χ3v) is 3.03. The lowest BCUT2D eigenvalue weighted by molar-refractivity contribution is 0.180. The van der Waals surface area contributed by atoms with E-state index < -0.39 is 0 Å². The maximum atomic E-state index is 7.20. The van der Waals surface area contributed by atoms with Crippen molar-refractivity contribution in [3.05, 3.63) is 29.8 Å². The first kappa shape index (κ1) is 11.0. The van der Waals surface area contributed by atoms with Crippen molar-refractivity contribution in [1.29, 1.82) is 5.41 Å². The molecule has 0 saturated heterocycles. The van der Waals surface area contributed by atoms with Gasteiger partial charge in [0, 0.05) is 6.42 Å². The van der Waals surface area contributed by atoms with Gasteiger partial charge in [-0.05, 0) is 36.5 Å². The fourth-order valence-corrected chi connectivity index (χ4v) is 1.80. The molecule has 1 aromatic rings. The van der Waals surface area contributed by atoms with Gasteiger partial charge < -0.3 is 10.5 Å². The van der Waals surface area contributed by atoms with Gasteiger partial charge in [0.15, 0.2) is 0 Å². The number of nitrogens with one attached hydrogen (secondary N) is 1. The molecular formula is C13H18N2O. The molecule has 1 aliphatic rings. The molecular weight excluding hydrogens is 200 g/mol. The highest BCUT2D eigenvalue weighted by Gasteiger charge is 2.17. The second kappa shape index (κ2) is 5.01. The Kier molecular flexibility index (Phi) is 3.44. The summed E-state index contributed by atoms with van der Waals surface area (Å²) in [5.41, 5.74) is 6.40. The van der Waals surface area contributed by atoms with E-state index in [9.17, 15) is 0 Å². The molecule has 0 unspecified atom stereocenters. The van der Waals surface area contributed by atoms with Crippen molar-refractivity contribution < 1.29 is 4.74 Å². The molecule has 86 valence electrons. The molecule has 1 aromatic carbocycles. The van der Waals surface area contributed by atoms with Crippen LogP contribution in [-0.4, -0.2) is 12.4 Å². The quantitative estimate of drug-likeness (QED) is 0.588. The van der Waals surface area contributed by atoms with E-state index in [1.54, 1.807) is 0 Å². The molecule has 3 nitrogen and oxygen atoms in total. The first-order valence-electron chi connectivity index (χ1n) is 5.78. The molecule has 1 saturated carbocycles. The van der Waals surface area contributed by atoms with Crippen molar-refractivity contribution >= 4 is 5.84 Å². The van der Waals surface area contributed by atoms with Gasteiger partial charge in [-0.15, -0.1) is 0 Å². The zero-order chi connectivity index (χ0) is 11.4. The maximum Gasteiger partial charge on any atom is 0.119 e. The standard InChI is InChI=1S/C13H18N2O/c14-13(15)8-10-4-6-12(7-5-10)16-9-11-2-1-3-11/h4-7,11H,1-3,8-9H2,(H3,14,15). The smallest absolute Gasteiger partial charge is 0.119 e. The van der Waals surface area contributed by atoms with Crippen LogP contribution in [0.15, 0.2) is 24.3 Å². The Hall–Kier alpha value is -1.51. The topological polar surface area (TPSA) is 59.1 Å². The van der Waals surface area contributed by atoms with E-state index in [-0.39, 0.29) is 5.84 Å². The summed E-state index contributed by atoms with van der Waals surface area (Å²) in [5, 5.41) is 7.20. The van der Waals surface area contributed by atoms with Crippen LogP contribution < -0.4 is 10.5 Å². The van der Waals surface area contributed by atoms with E-state index in [1.807, 2.05) is 24.3 Å². The minimum absolute atomic E-state index is 0.197. The van der Waals surface area contributed by atoms with Gasteiger partial charge in [-0.1, -0.05) is 18.6 Å². The van der Waals surface area contributed by atoms with Crippen molar-refractivity contribution in [3.63, 3.8) is 0 Å². The Morgan fingerprint density at radius 3 is 2.50 bits per heavy atom. The highest BCUT2D eigenvalue weighted by Crippen LogP contribution is 2.27. The summed E-state index contributed by atoms with van der Waals surface area (Å²) >= 11 is 0. The van der Waals surface area contributed by atoms with Crippen molar-refractivity contribution in [3.8, 4) is 5.75 Å². The van der Waals surface area contributed by atoms with Gasteiger partial charge in [0.25, 0.3) is 0 Å². The van der Waals surface area contributed by atoms with Gasteiger partial charge in [0.1, 0.15) is 5.75 Å². The Morgan fingerprint density at radius 2 is 2.00 bits per heavy atom. The van der Waals surface area contributed by atoms with Crippen LogP contribution in [0.2, 0.25) is 0 Å². The lowest BCUT2D eigenvalue weighted by atomic mass is 9.86. The van der Waals surface area contributed by atoms with E-state index >= 15 is 0 Å². The van der Waals surface area contributed by atoms with Gasteiger partial charge in [-0.25, -0.2) is 0 Å². The minimum atomic E-state index is 0.197. The lowest BCUT2D eigenvalue weighted by Gasteiger charge is -2.25. The SMILES string of the molecule is N=C(N)Cc1ccc(OCC2CCC2)cc1. The van der Waals surface area contributed by atoms with Gasteiger partial charge in [0.2, 0.25) is 0 Å². The maximum absolute atomic E-state index is 7.20. The molecule has 0 aromatic heterocycles. The van der Waals surface area contributed by atoms with Crippen LogP contribution in [0.5, 0.6) is 5.75 Å². The fraction of sp³-hybridized carbons (Fsp3) is 0.462. The predicted octanol–water partition coefficient (Wildman–Crippen LogP) is 2.34. The summed E-state index contributed by atoms with van der Waals surface area (Å²) in [6.07, 6.45) is 4.49. The molecule has 1 fully saturated rings. The average Bonchev–Trinajstić information content (AvgIpc) is 2.17. The molecule has 0 aliphatic heterocycles. The third kappa shape index (κ3) is 2.99. The first-order chi connectivity index (χ1) is 7.74. The summed E-state index contributed by atoms with van der Waals surface area (Å²) < 4.78 is 5.68. The molecule has 1 aliphatic carbocycles. The third-order valence-electron chi connectivity index (χ3n) is 3.03. The van der Waals surface area contributed by atoms with Crippen molar-refractivity contribution in [2.45, 2.75) is 25.7 Å². The van der Waals surface area contributed by atoms with E-state index in [0.29, 0.717) is 6.42 Å². The number of hydrogen-bond acceptors (Lipinski definition) is 2. The zero-order valence-corrected chi connectivity index (χ0v) is 9.41. The van der Waals surface area contributed by atoms with Crippen LogP contribution in [0.3, 0.4) is 0 Å². The van der Waals surface area contributed by atoms with Gasteiger partial charge in [0.05, 0.1) is 12.4 Å². The highest BCUT2D eigenvalue weighted by molar-refractivity contribution is 5.79. The molecule has 2 rings (SSSR count).